The normalized spacial score (nSPS) is 10.4. The van der Waals surface area contributed by atoms with E-state index in [1.54, 1.807) is 6.07 Å². The summed E-state index contributed by atoms with van der Waals surface area (Å²) in [6.07, 6.45) is 0. The number of hydrogen-bond donors (Lipinski definition) is 0. The Hall–Kier alpha value is -1.63. The summed E-state index contributed by atoms with van der Waals surface area (Å²) in [6.45, 7) is 10.5. The van der Waals surface area contributed by atoms with Crippen molar-refractivity contribution >= 4 is 0 Å². The molecular formula is C19H25F. The molecule has 1 heteroatoms. The molecule has 0 unspecified atom stereocenters. The van der Waals surface area contributed by atoms with Gasteiger partial charge in [-0.25, -0.2) is 4.39 Å². The molecule has 0 fully saturated rings. The first-order valence-corrected chi connectivity index (χ1v) is 7.22. The van der Waals surface area contributed by atoms with Gasteiger partial charge in [-0.2, -0.15) is 0 Å². The first kappa shape index (κ1) is 16.4. The molecule has 2 rings (SSSR count). The van der Waals surface area contributed by atoms with Gasteiger partial charge in [-0.15, -0.1) is 0 Å². The van der Waals surface area contributed by atoms with E-state index >= 15 is 0 Å². The van der Waals surface area contributed by atoms with E-state index in [1.165, 1.54) is 17.2 Å². The number of hydrogen-bond acceptors (Lipinski definition) is 0. The monoisotopic (exact) mass is 272 g/mol. The van der Waals surface area contributed by atoms with Crippen molar-refractivity contribution in [2.45, 2.75) is 46.5 Å². The van der Waals surface area contributed by atoms with Crippen molar-refractivity contribution in [1.82, 2.24) is 0 Å². The maximum atomic E-state index is 12.8. The fourth-order valence-corrected chi connectivity index (χ4v) is 1.89. The lowest BCUT2D eigenvalue weighted by molar-refractivity contribution is 0.598. The van der Waals surface area contributed by atoms with E-state index in [2.05, 4.69) is 45.0 Å². The molecule has 2 aromatic carbocycles. The van der Waals surface area contributed by atoms with Crippen LogP contribution in [0.1, 0.15) is 56.2 Å². The van der Waals surface area contributed by atoms with Crippen LogP contribution in [0.15, 0.2) is 48.5 Å². The van der Waals surface area contributed by atoms with E-state index < -0.39 is 0 Å². The first-order valence-electron chi connectivity index (χ1n) is 7.22. The van der Waals surface area contributed by atoms with Crippen LogP contribution in [0.25, 0.3) is 0 Å². The fraction of sp³-hybridized carbons (Fsp3) is 0.368. The fourth-order valence-electron chi connectivity index (χ4n) is 1.89. The summed E-state index contributed by atoms with van der Waals surface area (Å²) in [5, 5.41) is 0. The Morgan fingerprint density at radius 2 is 1.30 bits per heavy atom. The molecule has 0 atom stereocenters. The molecule has 0 N–H and O–H groups in total. The van der Waals surface area contributed by atoms with Crippen LogP contribution in [0, 0.1) is 12.7 Å². The van der Waals surface area contributed by atoms with E-state index in [-0.39, 0.29) is 11.7 Å². The molecule has 0 spiro atoms. The second-order valence-electron chi connectivity index (χ2n) is 5.74. The van der Waals surface area contributed by atoms with Crippen molar-refractivity contribution < 1.29 is 4.39 Å². The average molecular weight is 272 g/mol. The van der Waals surface area contributed by atoms with Crippen molar-refractivity contribution in [1.29, 1.82) is 0 Å². The van der Waals surface area contributed by atoms with Gasteiger partial charge in [-0.1, -0.05) is 75.7 Å². The van der Waals surface area contributed by atoms with Gasteiger partial charge >= 0.3 is 0 Å². The Kier molecular flexibility index (Phi) is 6.44. The molecule has 0 aliphatic rings. The third-order valence-electron chi connectivity index (χ3n) is 3.27. The van der Waals surface area contributed by atoms with Crippen LogP contribution in [0.2, 0.25) is 0 Å². The molecular weight excluding hydrogens is 247 g/mol. The SMILES string of the molecule is CC(C)c1ccccc1F.Cc1ccc(C(C)C)cc1. The zero-order chi connectivity index (χ0) is 15.1. The molecule has 0 bridgehead atoms. The van der Waals surface area contributed by atoms with E-state index in [0.717, 1.165) is 5.56 Å². The molecule has 0 amide bonds. The second-order valence-corrected chi connectivity index (χ2v) is 5.74. The highest BCUT2D eigenvalue weighted by Crippen LogP contribution is 2.16. The molecule has 108 valence electrons. The molecule has 0 aliphatic heterocycles. The standard InChI is InChI=1S/C10H14.C9H11F/c1-8(2)10-6-4-9(3)5-7-10;1-7(2)8-5-3-4-6-9(8)10/h4-8H,1-3H3;3-7H,1-2H3. The molecule has 0 nitrogen and oxygen atoms in total. The average Bonchev–Trinajstić information content (AvgIpc) is 2.40. The number of rotatable bonds is 2. The minimum absolute atomic E-state index is 0.0995. The molecule has 0 saturated carbocycles. The van der Waals surface area contributed by atoms with Crippen LogP contribution in [0.4, 0.5) is 4.39 Å². The number of benzene rings is 2. The highest BCUT2D eigenvalue weighted by atomic mass is 19.1. The summed E-state index contributed by atoms with van der Waals surface area (Å²) in [6, 6.07) is 15.6. The van der Waals surface area contributed by atoms with Gasteiger partial charge in [0.25, 0.3) is 0 Å². The highest BCUT2D eigenvalue weighted by Gasteiger charge is 2.02. The Labute approximate surface area is 122 Å². The van der Waals surface area contributed by atoms with Gasteiger partial charge in [-0.3, -0.25) is 0 Å². The summed E-state index contributed by atoms with van der Waals surface area (Å²) < 4.78 is 12.8. The van der Waals surface area contributed by atoms with Crippen molar-refractivity contribution in [2.24, 2.45) is 0 Å². The number of halogens is 1. The van der Waals surface area contributed by atoms with E-state index in [9.17, 15) is 4.39 Å². The van der Waals surface area contributed by atoms with Crippen molar-refractivity contribution in [3.63, 3.8) is 0 Å². The summed E-state index contributed by atoms with van der Waals surface area (Å²) >= 11 is 0. The summed E-state index contributed by atoms with van der Waals surface area (Å²) in [7, 11) is 0. The third-order valence-corrected chi connectivity index (χ3v) is 3.27. The lowest BCUT2D eigenvalue weighted by Gasteiger charge is -2.04. The molecule has 0 aromatic heterocycles. The Bertz CT molecular complexity index is 510. The Morgan fingerprint density at radius 3 is 1.70 bits per heavy atom. The van der Waals surface area contributed by atoms with Gasteiger partial charge in [0.05, 0.1) is 0 Å². The topological polar surface area (TPSA) is 0 Å². The Morgan fingerprint density at radius 1 is 0.750 bits per heavy atom. The van der Waals surface area contributed by atoms with Crippen molar-refractivity contribution in [3.8, 4) is 0 Å². The van der Waals surface area contributed by atoms with E-state index in [0.29, 0.717) is 5.92 Å². The molecule has 0 saturated heterocycles. The van der Waals surface area contributed by atoms with Crippen LogP contribution in [-0.2, 0) is 0 Å². The second kappa shape index (κ2) is 7.84. The zero-order valence-corrected chi connectivity index (χ0v) is 13.2. The molecule has 2 aromatic rings. The van der Waals surface area contributed by atoms with Crippen molar-refractivity contribution in [2.75, 3.05) is 0 Å². The smallest absolute Gasteiger partial charge is 0.126 e. The van der Waals surface area contributed by atoms with Crippen LogP contribution < -0.4 is 0 Å². The van der Waals surface area contributed by atoms with Crippen LogP contribution in [-0.4, -0.2) is 0 Å². The lowest BCUT2D eigenvalue weighted by atomic mass is 10.0. The first-order chi connectivity index (χ1) is 9.41. The van der Waals surface area contributed by atoms with Crippen LogP contribution >= 0.6 is 0 Å². The van der Waals surface area contributed by atoms with Gasteiger partial charge in [0.15, 0.2) is 0 Å². The van der Waals surface area contributed by atoms with Gasteiger partial charge in [0.2, 0.25) is 0 Å². The maximum Gasteiger partial charge on any atom is 0.126 e. The van der Waals surface area contributed by atoms with E-state index in [4.69, 9.17) is 0 Å². The Balaban J connectivity index is 0.000000200. The molecule has 0 aliphatic carbocycles. The van der Waals surface area contributed by atoms with Gasteiger partial charge in [0.1, 0.15) is 5.82 Å². The van der Waals surface area contributed by atoms with Crippen LogP contribution in [0.3, 0.4) is 0 Å². The molecule has 20 heavy (non-hydrogen) atoms. The summed E-state index contributed by atoms with van der Waals surface area (Å²) in [4.78, 5) is 0. The van der Waals surface area contributed by atoms with Crippen molar-refractivity contribution in [3.05, 3.63) is 71.0 Å². The lowest BCUT2D eigenvalue weighted by Crippen LogP contribution is -1.90. The van der Waals surface area contributed by atoms with E-state index in [1.807, 2.05) is 26.0 Å². The number of aryl methyl sites for hydroxylation is 1. The maximum absolute atomic E-state index is 12.8. The largest absolute Gasteiger partial charge is 0.207 e. The van der Waals surface area contributed by atoms with Crippen LogP contribution in [0.5, 0.6) is 0 Å². The van der Waals surface area contributed by atoms with Gasteiger partial charge < -0.3 is 0 Å². The predicted molar refractivity (Wildman–Crippen MR) is 85.8 cm³/mol. The minimum Gasteiger partial charge on any atom is -0.207 e. The summed E-state index contributed by atoms with van der Waals surface area (Å²) in [5.41, 5.74) is 3.55. The predicted octanol–water partition coefficient (Wildman–Crippen LogP) is 6.07. The minimum atomic E-state index is -0.0995. The van der Waals surface area contributed by atoms with Gasteiger partial charge in [-0.05, 0) is 36.0 Å². The zero-order valence-electron chi connectivity index (χ0n) is 13.2. The molecule has 0 radical (unpaired) electrons. The quantitative estimate of drug-likeness (QED) is 0.622. The van der Waals surface area contributed by atoms with Gasteiger partial charge in [0, 0.05) is 0 Å². The molecule has 0 heterocycles. The third kappa shape index (κ3) is 5.16. The summed E-state index contributed by atoms with van der Waals surface area (Å²) in [5.74, 6) is 0.833. The highest BCUT2D eigenvalue weighted by molar-refractivity contribution is 5.23.